The Morgan fingerprint density at radius 1 is 1.04 bits per heavy atom. The number of aryl methyl sites for hydroxylation is 1. The summed E-state index contributed by atoms with van der Waals surface area (Å²) in [5.74, 6) is -0.0451. The molecule has 0 fully saturated rings. The van der Waals surface area contributed by atoms with Crippen LogP contribution in [0.1, 0.15) is 33.1 Å². The number of fused-ring (bicyclic) bond motifs is 2. The monoisotopic (exact) mass is 369 g/mol. The molecule has 0 spiro atoms. The minimum absolute atomic E-state index is 0.0451. The van der Waals surface area contributed by atoms with Gasteiger partial charge in [0.15, 0.2) is 5.65 Å². The van der Waals surface area contributed by atoms with Crippen molar-refractivity contribution in [1.82, 2.24) is 24.9 Å². The maximum Gasteiger partial charge on any atom is 0.257 e. The van der Waals surface area contributed by atoms with E-state index in [0.29, 0.717) is 23.3 Å². The van der Waals surface area contributed by atoms with Crippen LogP contribution in [-0.2, 0) is 13.5 Å². The van der Waals surface area contributed by atoms with Gasteiger partial charge in [-0.05, 0) is 29.2 Å². The van der Waals surface area contributed by atoms with Gasteiger partial charge in [-0.3, -0.25) is 4.79 Å². The Morgan fingerprint density at radius 2 is 1.82 bits per heavy atom. The Bertz CT molecular complexity index is 1170. The van der Waals surface area contributed by atoms with E-state index in [1.165, 1.54) is 11.1 Å². The molecular weight excluding hydrogens is 350 g/mol. The molecule has 1 aliphatic rings. The first kappa shape index (κ1) is 16.6. The Kier molecular flexibility index (Phi) is 3.90. The second-order valence-electron chi connectivity index (χ2n) is 7.00. The molecule has 2 aromatic carbocycles. The van der Waals surface area contributed by atoms with Gasteiger partial charge in [0.05, 0.1) is 11.6 Å². The number of hydrogen-bond donors (Lipinski definition) is 0. The molecule has 4 aromatic rings. The van der Waals surface area contributed by atoms with Crippen LogP contribution in [0.25, 0.3) is 11.2 Å². The first-order valence-corrected chi connectivity index (χ1v) is 9.32. The highest BCUT2D eigenvalue weighted by Gasteiger charge is 2.33. The molecule has 3 heterocycles. The fraction of sp³-hybridized carbons (Fsp3) is 0.182. The molecule has 6 nitrogen and oxygen atoms in total. The van der Waals surface area contributed by atoms with Crippen LogP contribution in [-0.4, -0.2) is 37.3 Å². The van der Waals surface area contributed by atoms with Crippen LogP contribution < -0.4 is 0 Å². The van der Waals surface area contributed by atoms with E-state index in [4.69, 9.17) is 0 Å². The van der Waals surface area contributed by atoms with E-state index >= 15 is 0 Å². The van der Waals surface area contributed by atoms with Crippen molar-refractivity contribution in [2.45, 2.75) is 12.5 Å². The normalized spacial score (nSPS) is 16.2. The maximum absolute atomic E-state index is 13.6. The molecule has 28 heavy (non-hydrogen) atoms. The highest BCUT2D eigenvalue weighted by Crippen LogP contribution is 2.36. The van der Waals surface area contributed by atoms with Crippen LogP contribution in [0.5, 0.6) is 0 Å². The summed E-state index contributed by atoms with van der Waals surface area (Å²) in [7, 11) is 1.78. The predicted octanol–water partition coefficient (Wildman–Crippen LogP) is 3.15. The van der Waals surface area contributed by atoms with Crippen molar-refractivity contribution in [2.24, 2.45) is 7.05 Å². The Hall–Kier alpha value is -3.54. The lowest BCUT2D eigenvalue weighted by molar-refractivity contribution is 0.0696. The molecule has 0 N–H and O–H groups in total. The summed E-state index contributed by atoms with van der Waals surface area (Å²) < 4.78 is 1.59. The summed E-state index contributed by atoms with van der Waals surface area (Å²) in [6.07, 6.45) is 2.48. The standard InChI is InChI=1S/C22H19N5O/c1-26-21-19(24-25-26)18(11-13-23-21)22(28)27-14-12-15-7-5-6-10-17(15)20(27)16-8-3-2-4-9-16/h2-11,13,20H,12,14H2,1H3/t20-/m1/s1. The largest absolute Gasteiger partial charge is 0.327 e. The van der Waals surface area contributed by atoms with Crippen molar-refractivity contribution in [1.29, 1.82) is 0 Å². The molecular formula is C22H19N5O. The molecule has 6 heteroatoms. The van der Waals surface area contributed by atoms with Crippen molar-refractivity contribution in [3.05, 3.63) is 89.1 Å². The second-order valence-corrected chi connectivity index (χ2v) is 7.00. The van der Waals surface area contributed by atoms with E-state index in [2.05, 4.69) is 45.6 Å². The van der Waals surface area contributed by atoms with Gasteiger partial charge in [0.1, 0.15) is 5.52 Å². The van der Waals surface area contributed by atoms with Gasteiger partial charge < -0.3 is 4.90 Å². The van der Waals surface area contributed by atoms with Crippen LogP contribution >= 0.6 is 0 Å². The van der Waals surface area contributed by atoms with E-state index in [-0.39, 0.29) is 11.9 Å². The summed E-state index contributed by atoms with van der Waals surface area (Å²) in [6.45, 7) is 0.652. The van der Waals surface area contributed by atoms with Crippen molar-refractivity contribution in [3.63, 3.8) is 0 Å². The molecule has 0 bridgehead atoms. The van der Waals surface area contributed by atoms with Crippen molar-refractivity contribution in [2.75, 3.05) is 6.54 Å². The van der Waals surface area contributed by atoms with Gasteiger partial charge in [0, 0.05) is 19.8 Å². The van der Waals surface area contributed by atoms with E-state index in [1.54, 1.807) is 24.0 Å². The fourth-order valence-corrected chi connectivity index (χ4v) is 4.04. The van der Waals surface area contributed by atoms with E-state index in [1.807, 2.05) is 29.2 Å². The van der Waals surface area contributed by atoms with Crippen LogP contribution in [0.2, 0.25) is 0 Å². The average molecular weight is 369 g/mol. The molecule has 0 unspecified atom stereocenters. The summed E-state index contributed by atoms with van der Waals surface area (Å²) in [4.78, 5) is 19.9. The second kappa shape index (κ2) is 6.56. The number of aromatic nitrogens is 4. The maximum atomic E-state index is 13.6. The zero-order valence-electron chi connectivity index (χ0n) is 15.5. The lowest BCUT2D eigenvalue weighted by Crippen LogP contribution is -2.40. The number of benzene rings is 2. The minimum atomic E-state index is -0.126. The third kappa shape index (κ3) is 2.57. The summed E-state index contributed by atoms with van der Waals surface area (Å²) in [6, 6.07) is 20.2. The highest BCUT2D eigenvalue weighted by atomic mass is 16.2. The first-order valence-electron chi connectivity index (χ1n) is 9.32. The van der Waals surface area contributed by atoms with Crippen molar-refractivity contribution < 1.29 is 4.79 Å². The van der Waals surface area contributed by atoms with Gasteiger partial charge in [-0.15, -0.1) is 5.10 Å². The zero-order valence-corrected chi connectivity index (χ0v) is 15.5. The molecule has 0 aliphatic carbocycles. The summed E-state index contributed by atoms with van der Waals surface area (Å²) in [5, 5.41) is 8.21. The number of amides is 1. The lowest BCUT2D eigenvalue weighted by atomic mass is 9.87. The lowest BCUT2D eigenvalue weighted by Gasteiger charge is -2.37. The summed E-state index contributed by atoms with van der Waals surface area (Å²) >= 11 is 0. The Balaban J connectivity index is 1.64. The molecule has 2 aromatic heterocycles. The van der Waals surface area contributed by atoms with Gasteiger partial charge in [-0.25, -0.2) is 9.67 Å². The molecule has 1 aliphatic heterocycles. The van der Waals surface area contributed by atoms with E-state index in [0.717, 1.165) is 12.0 Å². The Labute approximate surface area is 162 Å². The first-order chi connectivity index (χ1) is 13.7. The van der Waals surface area contributed by atoms with Gasteiger partial charge in [-0.1, -0.05) is 59.8 Å². The molecule has 1 amide bonds. The number of carbonyl (C=O) groups excluding carboxylic acids is 1. The fourth-order valence-electron chi connectivity index (χ4n) is 4.04. The van der Waals surface area contributed by atoms with E-state index < -0.39 is 0 Å². The molecule has 138 valence electrons. The SMILES string of the molecule is Cn1nnc2c(C(=O)N3CCc4ccccc4[C@H]3c3ccccc3)ccnc21. The number of pyridine rings is 1. The van der Waals surface area contributed by atoms with Crippen LogP contribution in [0.3, 0.4) is 0 Å². The number of nitrogens with zero attached hydrogens (tertiary/aromatic N) is 5. The number of hydrogen-bond acceptors (Lipinski definition) is 4. The van der Waals surface area contributed by atoms with Crippen LogP contribution in [0.4, 0.5) is 0 Å². The zero-order chi connectivity index (χ0) is 19.1. The third-order valence-corrected chi connectivity index (χ3v) is 5.38. The quantitative estimate of drug-likeness (QED) is 0.544. The predicted molar refractivity (Wildman–Crippen MR) is 106 cm³/mol. The highest BCUT2D eigenvalue weighted by molar-refractivity contribution is 6.04. The van der Waals surface area contributed by atoms with Gasteiger partial charge in [0.2, 0.25) is 0 Å². The van der Waals surface area contributed by atoms with Gasteiger partial charge >= 0.3 is 0 Å². The minimum Gasteiger partial charge on any atom is -0.327 e. The number of carbonyl (C=O) groups is 1. The average Bonchev–Trinajstić information content (AvgIpc) is 3.14. The van der Waals surface area contributed by atoms with Crippen LogP contribution in [0, 0.1) is 0 Å². The summed E-state index contributed by atoms with van der Waals surface area (Å²) in [5.41, 5.74) is 5.27. The van der Waals surface area contributed by atoms with Gasteiger partial charge in [0.25, 0.3) is 5.91 Å². The topological polar surface area (TPSA) is 63.9 Å². The number of rotatable bonds is 2. The van der Waals surface area contributed by atoms with Crippen LogP contribution in [0.15, 0.2) is 66.9 Å². The van der Waals surface area contributed by atoms with Crippen molar-refractivity contribution in [3.8, 4) is 0 Å². The molecule has 5 rings (SSSR count). The van der Waals surface area contributed by atoms with Gasteiger partial charge in [-0.2, -0.15) is 0 Å². The smallest absolute Gasteiger partial charge is 0.257 e. The molecule has 0 saturated carbocycles. The van der Waals surface area contributed by atoms with Crippen molar-refractivity contribution >= 4 is 17.1 Å². The Morgan fingerprint density at radius 3 is 2.68 bits per heavy atom. The molecule has 0 saturated heterocycles. The van der Waals surface area contributed by atoms with E-state index in [9.17, 15) is 4.79 Å². The molecule has 1 atom stereocenters. The third-order valence-electron chi connectivity index (χ3n) is 5.38. The molecule has 0 radical (unpaired) electrons.